The molecule has 1 aliphatic heterocycles. The Kier molecular flexibility index (Phi) is 8.41. The lowest BCUT2D eigenvalue weighted by molar-refractivity contribution is -0.114. The summed E-state index contributed by atoms with van der Waals surface area (Å²) in [6, 6.07) is 19.8. The summed E-state index contributed by atoms with van der Waals surface area (Å²) in [7, 11) is 0. The minimum absolute atomic E-state index is 0.0329. The van der Waals surface area contributed by atoms with Gasteiger partial charge in [0.2, 0.25) is 5.91 Å². The number of rotatable bonds is 7. The third kappa shape index (κ3) is 6.77. The van der Waals surface area contributed by atoms with Gasteiger partial charge in [0.05, 0.1) is 24.4 Å². The lowest BCUT2D eigenvalue weighted by Crippen LogP contribution is -2.37. The largest absolute Gasteiger partial charge is 0.458 e. The Morgan fingerprint density at radius 2 is 1.62 bits per heavy atom. The highest BCUT2D eigenvalue weighted by molar-refractivity contribution is 6.00. The van der Waals surface area contributed by atoms with E-state index in [-0.39, 0.29) is 17.3 Å². The number of benzene rings is 3. The van der Waals surface area contributed by atoms with Crippen LogP contribution in [0.2, 0.25) is 0 Å². The van der Waals surface area contributed by atoms with Gasteiger partial charge in [0.25, 0.3) is 0 Å². The molecule has 1 fully saturated rings. The van der Waals surface area contributed by atoms with E-state index < -0.39 is 18.0 Å². The highest BCUT2D eigenvalue weighted by atomic mass is 19.1. The van der Waals surface area contributed by atoms with Crippen LogP contribution in [0, 0.1) is 5.82 Å². The van der Waals surface area contributed by atoms with Crippen LogP contribution in [0.1, 0.15) is 25.7 Å². The molecule has 230 valence electrons. The number of urea groups is 1. The number of aliphatic hydroxyl groups excluding tert-OH is 1. The number of aromatic nitrogens is 2. The SMILES string of the molecule is CC(=O)Nc1ccc(NC(=O)Nc2ccc(-c3nc(N4CCOCC4)c4ccc(-c5ccc(C(C)O)o5)cc4n3)cc2)c(F)c1. The van der Waals surface area contributed by atoms with Crippen LogP contribution >= 0.6 is 0 Å². The number of morpholine rings is 1. The molecular formula is C33H31FN6O5. The summed E-state index contributed by atoms with van der Waals surface area (Å²) in [5.74, 6) is 1.39. The second kappa shape index (κ2) is 12.7. The van der Waals surface area contributed by atoms with E-state index in [1.807, 2.05) is 24.3 Å². The van der Waals surface area contributed by atoms with E-state index in [9.17, 15) is 19.1 Å². The summed E-state index contributed by atoms with van der Waals surface area (Å²) in [4.78, 5) is 35.8. The monoisotopic (exact) mass is 610 g/mol. The summed E-state index contributed by atoms with van der Waals surface area (Å²) in [6.45, 7) is 5.55. The molecule has 3 amide bonds. The molecule has 2 aromatic heterocycles. The second-order valence-corrected chi connectivity index (χ2v) is 10.6. The first kappa shape index (κ1) is 29.7. The van der Waals surface area contributed by atoms with Crippen LogP contribution < -0.4 is 20.9 Å². The van der Waals surface area contributed by atoms with Gasteiger partial charge in [0.15, 0.2) is 5.82 Å². The van der Waals surface area contributed by atoms with Crippen molar-refractivity contribution >= 4 is 45.7 Å². The van der Waals surface area contributed by atoms with Crippen LogP contribution in [0.4, 0.5) is 32.1 Å². The molecule has 1 aliphatic rings. The topological polar surface area (TPSA) is 142 Å². The second-order valence-electron chi connectivity index (χ2n) is 10.6. The Morgan fingerprint density at radius 3 is 2.31 bits per heavy atom. The summed E-state index contributed by atoms with van der Waals surface area (Å²) in [5, 5.41) is 18.4. The number of amides is 3. The van der Waals surface area contributed by atoms with Crippen LogP contribution in [0.25, 0.3) is 33.6 Å². The van der Waals surface area contributed by atoms with Gasteiger partial charge in [-0.3, -0.25) is 4.79 Å². The first-order valence-corrected chi connectivity index (χ1v) is 14.4. The van der Waals surface area contributed by atoms with Crippen LogP contribution in [0.5, 0.6) is 0 Å². The smallest absolute Gasteiger partial charge is 0.323 e. The maximum absolute atomic E-state index is 14.4. The average molecular weight is 611 g/mol. The highest BCUT2D eigenvalue weighted by Crippen LogP contribution is 2.33. The maximum Gasteiger partial charge on any atom is 0.323 e. The molecule has 1 atom stereocenters. The molecule has 0 spiro atoms. The van der Waals surface area contributed by atoms with E-state index in [0.717, 1.165) is 33.9 Å². The van der Waals surface area contributed by atoms with Crippen molar-refractivity contribution in [2.45, 2.75) is 20.0 Å². The van der Waals surface area contributed by atoms with Gasteiger partial charge in [0, 0.05) is 47.9 Å². The Labute approximate surface area is 258 Å². The van der Waals surface area contributed by atoms with Crippen molar-refractivity contribution in [3.63, 3.8) is 0 Å². The van der Waals surface area contributed by atoms with Gasteiger partial charge in [-0.25, -0.2) is 19.2 Å². The van der Waals surface area contributed by atoms with Gasteiger partial charge in [-0.2, -0.15) is 0 Å². The molecule has 4 N–H and O–H groups in total. The van der Waals surface area contributed by atoms with E-state index in [2.05, 4.69) is 20.9 Å². The Bertz CT molecular complexity index is 1870. The molecule has 6 rings (SSSR count). The number of hydrogen-bond donors (Lipinski definition) is 4. The van der Waals surface area contributed by atoms with Gasteiger partial charge in [0.1, 0.15) is 29.3 Å². The first-order chi connectivity index (χ1) is 21.7. The van der Waals surface area contributed by atoms with E-state index in [0.29, 0.717) is 49.3 Å². The number of furan rings is 1. The fourth-order valence-electron chi connectivity index (χ4n) is 5.03. The van der Waals surface area contributed by atoms with Crippen molar-refractivity contribution in [3.05, 3.63) is 84.4 Å². The lowest BCUT2D eigenvalue weighted by atomic mass is 10.1. The third-order valence-electron chi connectivity index (χ3n) is 7.25. The maximum atomic E-state index is 14.4. The van der Waals surface area contributed by atoms with E-state index in [1.165, 1.54) is 19.1 Å². The summed E-state index contributed by atoms with van der Waals surface area (Å²) >= 11 is 0. The number of nitrogens with one attached hydrogen (secondary N) is 3. The van der Waals surface area contributed by atoms with Crippen LogP contribution in [-0.2, 0) is 9.53 Å². The zero-order chi connectivity index (χ0) is 31.5. The quantitative estimate of drug-likeness (QED) is 0.171. The fraction of sp³-hybridized carbons (Fsp3) is 0.212. The van der Waals surface area contributed by atoms with E-state index in [1.54, 1.807) is 37.3 Å². The molecule has 1 saturated heterocycles. The molecule has 5 aromatic rings. The number of nitrogens with zero attached hydrogens (tertiary/aromatic N) is 3. The van der Waals surface area contributed by atoms with Gasteiger partial charge < -0.3 is 35.1 Å². The minimum Gasteiger partial charge on any atom is -0.458 e. The molecule has 0 radical (unpaired) electrons. The normalized spacial score (nSPS) is 13.8. The van der Waals surface area contributed by atoms with E-state index in [4.69, 9.17) is 19.1 Å². The van der Waals surface area contributed by atoms with Crippen LogP contribution in [0.15, 0.2) is 77.2 Å². The molecule has 0 bridgehead atoms. The van der Waals surface area contributed by atoms with Gasteiger partial charge in [-0.05, 0) is 73.7 Å². The molecule has 0 saturated carbocycles. The van der Waals surface area contributed by atoms with Crippen molar-refractivity contribution in [1.29, 1.82) is 0 Å². The van der Waals surface area contributed by atoms with Gasteiger partial charge in [-0.15, -0.1) is 0 Å². The van der Waals surface area contributed by atoms with Crippen LogP contribution in [0.3, 0.4) is 0 Å². The third-order valence-corrected chi connectivity index (χ3v) is 7.25. The molecule has 1 unspecified atom stereocenters. The number of aliphatic hydroxyl groups is 1. The molecule has 45 heavy (non-hydrogen) atoms. The molecule has 12 heteroatoms. The van der Waals surface area contributed by atoms with Crippen molar-refractivity contribution in [1.82, 2.24) is 9.97 Å². The standard InChI is InChI=1S/C33H31FN6O5/c1-19(41)29-11-12-30(45-29)22-5-9-25-28(17-22)37-31(39-32(25)40-13-15-44-16-14-40)21-3-6-23(7-4-21)36-33(43)38-27-10-8-24(18-26(27)34)35-20(2)42/h3-12,17-19,41H,13-16H2,1-2H3,(H,35,42)(H2,36,38,43). The van der Waals surface area contributed by atoms with Crippen molar-refractivity contribution in [3.8, 4) is 22.7 Å². The lowest BCUT2D eigenvalue weighted by Gasteiger charge is -2.29. The predicted molar refractivity (Wildman–Crippen MR) is 170 cm³/mol. The number of carbonyl (C=O) groups excluding carboxylic acids is 2. The number of carbonyl (C=O) groups is 2. The Hall–Kier alpha value is -5.33. The van der Waals surface area contributed by atoms with E-state index >= 15 is 0 Å². The zero-order valence-corrected chi connectivity index (χ0v) is 24.6. The summed E-state index contributed by atoms with van der Waals surface area (Å²) < 4.78 is 25.9. The molecule has 3 heterocycles. The Balaban J connectivity index is 1.25. The number of fused-ring (bicyclic) bond motifs is 1. The van der Waals surface area contributed by atoms with Crippen molar-refractivity contribution in [2.75, 3.05) is 47.2 Å². The summed E-state index contributed by atoms with van der Waals surface area (Å²) in [6.07, 6.45) is -0.714. The van der Waals surface area contributed by atoms with Gasteiger partial charge >= 0.3 is 6.03 Å². The molecule has 0 aliphatic carbocycles. The predicted octanol–water partition coefficient (Wildman–Crippen LogP) is 6.19. The number of hydrogen-bond acceptors (Lipinski definition) is 8. The van der Waals surface area contributed by atoms with Crippen LogP contribution in [-0.4, -0.2) is 53.3 Å². The fourth-order valence-corrected chi connectivity index (χ4v) is 5.03. The molecule has 11 nitrogen and oxygen atoms in total. The van der Waals surface area contributed by atoms with Crippen molar-refractivity contribution < 1.29 is 28.2 Å². The number of halogens is 1. The first-order valence-electron chi connectivity index (χ1n) is 14.4. The number of anilines is 4. The van der Waals surface area contributed by atoms with Crippen molar-refractivity contribution in [2.24, 2.45) is 0 Å². The molecular weight excluding hydrogens is 579 g/mol. The highest BCUT2D eigenvalue weighted by Gasteiger charge is 2.19. The van der Waals surface area contributed by atoms with Gasteiger partial charge in [-0.1, -0.05) is 6.07 Å². The number of ether oxygens (including phenoxy) is 1. The minimum atomic E-state index is -0.714. The summed E-state index contributed by atoms with van der Waals surface area (Å²) in [5.41, 5.74) is 3.01. The Morgan fingerprint density at radius 1 is 0.889 bits per heavy atom. The average Bonchev–Trinajstić information content (AvgIpc) is 3.53. The zero-order valence-electron chi connectivity index (χ0n) is 24.6. The molecule has 3 aromatic carbocycles.